The number of halogens is 1. The molecule has 0 saturated carbocycles. The van der Waals surface area contributed by atoms with Gasteiger partial charge in [-0.2, -0.15) is 0 Å². The summed E-state index contributed by atoms with van der Waals surface area (Å²) in [4.78, 5) is 12.3. The number of hydrogen-bond donors (Lipinski definition) is 0. The Hall–Kier alpha value is -1.97. The summed E-state index contributed by atoms with van der Waals surface area (Å²) in [5.74, 6) is 0.332. The van der Waals surface area contributed by atoms with Crippen molar-refractivity contribution in [2.45, 2.75) is 33.1 Å². The van der Waals surface area contributed by atoms with Crippen LogP contribution in [0.4, 0.5) is 4.39 Å². The van der Waals surface area contributed by atoms with Crippen molar-refractivity contribution in [2.24, 2.45) is 5.41 Å². The molecule has 1 aromatic heterocycles. The van der Waals surface area contributed by atoms with E-state index in [0.717, 1.165) is 17.7 Å². The lowest BCUT2D eigenvalue weighted by molar-refractivity contribution is 0.0911. The summed E-state index contributed by atoms with van der Waals surface area (Å²) in [6.07, 6.45) is 1.63. The molecule has 1 aliphatic carbocycles. The van der Waals surface area contributed by atoms with Gasteiger partial charge in [0.05, 0.1) is 11.3 Å². The molecular formula is C16H16FNO2. The number of rotatable bonds is 2. The van der Waals surface area contributed by atoms with Gasteiger partial charge < -0.3 is 4.52 Å². The van der Waals surface area contributed by atoms with E-state index >= 15 is 0 Å². The molecule has 0 unspecified atom stereocenters. The molecule has 0 saturated heterocycles. The fraction of sp³-hybridized carbons (Fsp3) is 0.375. The van der Waals surface area contributed by atoms with E-state index in [9.17, 15) is 9.18 Å². The zero-order valence-corrected chi connectivity index (χ0v) is 11.6. The highest BCUT2D eigenvalue weighted by molar-refractivity contribution is 5.99. The number of ketones is 1. The van der Waals surface area contributed by atoms with Crippen LogP contribution < -0.4 is 0 Å². The standard InChI is InChI=1S/C16H16FNO2/c1-16(2)8-12-15(13(19)9-16)14(20-18-12)7-10-4-3-5-11(17)6-10/h3-6H,7-9H2,1-2H3. The fourth-order valence-electron chi connectivity index (χ4n) is 2.79. The van der Waals surface area contributed by atoms with Gasteiger partial charge in [0.1, 0.15) is 5.82 Å². The van der Waals surface area contributed by atoms with E-state index in [0.29, 0.717) is 24.2 Å². The van der Waals surface area contributed by atoms with Gasteiger partial charge in [0, 0.05) is 12.8 Å². The fourth-order valence-corrected chi connectivity index (χ4v) is 2.79. The second kappa shape index (κ2) is 4.54. The minimum absolute atomic E-state index is 0.0723. The molecule has 1 aliphatic rings. The maximum absolute atomic E-state index is 13.2. The summed E-state index contributed by atoms with van der Waals surface area (Å²) in [7, 11) is 0. The maximum atomic E-state index is 13.2. The van der Waals surface area contributed by atoms with Crippen molar-refractivity contribution in [3.63, 3.8) is 0 Å². The molecule has 3 nitrogen and oxygen atoms in total. The highest BCUT2D eigenvalue weighted by atomic mass is 19.1. The van der Waals surface area contributed by atoms with E-state index in [1.54, 1.807) is 6.07 Å². The monoisotopic (exact) mass is 273 g/mol. The first-order valence-electron chi connectivity index (χ1n) is 6.70. The van der Waals surface area contributed by atoms with E-state index in [-0.39, 0.29) is 17.0 Å². The Morgan fingerprint density at radius 1 is 1.35 bits per heavy atom. The number of benzene rings is 1. The molecule has 0 aliphatic heterocycles. The van der Waals surface area contributed by atoms with Gasteiger partial charge >= 0.3 is 0 Å². The molecule has 2 aromatic rings. The summed E-state index contributed by atoms with van der Waals surface area (Å²) in [5.41, 5.74) is 2.05. The third-order valence-electron chi connectivity index (χ3n) is 3.65. The molecule has 104 valence electrons. The smallest absolute Gasteiger partial charge is 0.168 e. The average Bonchev–Trinajstić information content (AvgIpc) is 2.70. The lowest BCUT2D eigenvalue weighted by Crippen LogP contribution is -2.27. The van der Waals surface area contributed by atoms with Crippen LogP contribution in [0.25, 0.3) is 0 Å². The van der Waals surface area contributed by atoms with Crippen molar-refractivity contribution in [1.29, 1.82) is 0 Å². The van der Waals surface area contributed by atoms with Crippen LogP contribution in [0.2, 0.25) is 0 Å². The average molecular weight is 273 g/mol. The Morgan fingerprint density at radius 3 is 2.90 bits per heavy atom. The van der Waals surface area contributed by atoms with Gasteiger partial charge in [0.2, 0.25) is 0 Å². The van der Waals surface area contributed by atoms with Gasteiger partial charge in [-0.25, -0.2) is 4.39 Å². The molecular weight excluding hydrogens is 257 g/mol. The van der Waals surface area contributed by atoms with Crippen molar-refractivity contribution in [2.75, 3.05) is 0 Å². The number of hydrogen-bond acceptors (Lipinski definition) is 3. The lowest BCUT2D eigenvalue weighted by atomic mass is 9.75. The molecule has 0 fully saturated rings. The lowest BCUT2D eigenvalue weighted by Gasteiger charge is -2.26. The summed E-state index contributed by atoms with van der Waals surface area (Å²) in [6.45, 7) is 4.10. The van der Waals surface area contributed by atoms with Crippen molar-refractivity contribution in [3.05, 3.63) is 52.7 Å². The molecule has 1 heterocycles. The van der Waals surface area contributed by atoms with Gasteiger partial charge in [0.15, 0.2) is 11.5 Å². The third-order valence-corrected chi connectivity index (χ3v) is 3.65. The molecule has 0 spiro atoms. The number of fused-ring (bicyclic) bond motifs is 1. The largest absolute Gasteiger partial charge is 0.360 e. The van der Waals surface area contributed by atoms with E-state index in [4.69, 9.17) is 4.52 Å². The van der Waals surface area contributed by atoms with Crippen molar-refractivity contribution in [3.8, 4) is 0 Å². The molecule has 1 aromatic carbocycles. The highest BCUT2D eigenvalue weighted by Crippen LogP contribution is 2.36. The Morgan fingerprint density at radius 2 is 2.15 bits per heavy atom. The topological polar surface area (TPSA) is 43.1 Å². The van der Waals surface area contributed by atoms with Crippen LogP contribution in [0.1, 0.15) is 47.6 Å². The predicted octanol–water partition coefficient (Wildman–Crippen LogP) is 3.56. The van der Waals surface area contributed by atoms with Gasteiger partial charge in [0.25, 0.3) is 0 Å². The first-order chi connectivity index (χ1) is 9.44. The zero-order valence-electron chi connectivity index (χ0n) is 11.6. The minimum atomic E-state index is -0.289. The van der Waals surface area contributed by atoms with Crippen molar-refractivity contribution in [1.82, 2.24) is 5.16 Å². The van der Waals surface area contributed by atoms with Gasteiger partial charge in [-0.1, -0.05) is 31.1 Å². The van der Waals surface area contributed by atoms with Crippen LogP contribution in [0.5, 0.6) is 0 Å². The van der Waals surface area contributed by atoms with Crippen molar-refractivity contribution >= 4 is 5.78 Å². The Balaban J connectivity index is 1.94. The third kappa shape index (κ3) is 2.38. The van der Waals surface area contributed by atoms with Crippen LogP contribution in [0, 0.1) is 11.2 Å². The molecule has 0 N–H and O–H groups in total. The van der Waals surface area contributed by atoms with Crippen LogP contribution >= 0.6 is 0 Å². The Kier molecular flexibility index (Phi) is 2.96. The number of Topliss-reactive ketones (excluding diaryl/α,β-unsaturated/α-hetero) is 1. The SMILES string of the molecule is CC1(C)CC(=O)c2c(noc2Cc2cccc(F)c2)C1. The van der Waals surface area contributed by atoms with Crippen molar-refractivity contribution < 1.29 is 13.7 Å². The first-order valence-corrected chi connectivity index (χ1v) is 6.70. The number of nitrogens with zero attached hydrogens (tertiary/aromatic N) is 1. The summed E-state index contributed by atoms with van der Waals surface area (Å²) >= 11 is 0. The quantitative estimate of drug-likeness (QED) is 0.840. The van der Waals surface area contributed by atoms with Crippen LogP contribution in [0.15, 0.2) is 28.8 Å². The zero-order chi connectivity index (χ0) is 14.3. The highest BCUT2D eigenvalue weighted by Gasteiger charge is 2.35. The molecule has 0 radical (unpaired) electrons. The second-order valence-corrected chi connectivity index (χ2v) is 6.18. The maximum Gasteiger partial charge on any atom is 0.168 e. The summed E-state index contributed by atoms with van der Waals surface area (Å²) in [6, 6.07) is 6.31. The van der Waals surface area contributed by atoms with Gasteiger partial charge in [-0.05, 0) is 29.5 Å². The van der Waals surface area contributed by atoms with E-state index in [1.165, 1.54) is 12.1 Å². The minimum Gasteiger partial charge on any atom is -0.360 e. The first kappa shape index (κ1) is 13.0. The van der Waals surface area contributed by atoms with Crippen LogP contribution in [0.3, 0.4) is 0 Å². The molecule has 3 rings (SSSR count). The van der Waals surface area contributed by atoms with Crippen LogP contribution in [-0.2, 0) is 12.8 Å². The van der Waals surface area contributed by atoms with E-state index in [2.05, 4.69) is 19.0 Å². The van der Waals surface area contributed by atoms with E-state index in [1.807, 2.05) is 6.07 Å². The molecule has 20 heavy (non-hydrogen) atoms. The summed E-state index contributed by atoms with van der Waals surface area (Å²) < 4.78 is 18.5. The van der Waals surface area contributed by atoms with Gasteiger partial charge in [-0.15, -0.1) is 0 Å². The Bertz CT molecular complexity index is 673. The molecule has 0 atom stereocenters. The molecule has 0 bridgehead atoms. The number of aromatic nitrogens is 1. The number of carbonyl (C=O) groups is 1. The second-order valence-electron chi connectivity index (χ2n) is 6.18. The predicted molar refractivity (Wildman–Crippen MR) is 72.1 cm³/mol. The summed E-state index contributed by atoms with van der Waals surface area (Å²) in [5, 5.41) is 4.03. The number of carbonyl (C=O) groups excluding carboxylic acids is 1. The Labute approximate surface area is 116 Å². The molecule has 4 heteroatoms. The molecule has 0 amide bonds. The van der Waals surface area contributed by atoms with Gasteiger partial charge in [-0.3, -0.25) is 4.79 Å². The normalized spacial score (nSPS) is 17.1. The van der Waals surface area contributed by atoms with E-state index < -0.39 is 0 Å². The van der Waals surface area contributed by atoms with Crippen LogP contribution in [-0.4, -0.2) is 10.9 Å².